The van der Waals surface area contributed by atoms with E-state index in [-0.39, 0.29) is 11.9 Å². The number of aromatic nitrogens is 1. The number of carbonyl (C=O) groups is 1. The van der Waals surface area contributed by atoms with E-state index in [1.54, 1.807) is 11.8 Å². The van der Waals surface area contributed by atoms with E-state index in [1.807, 2.05) is 45.4 Å². The van der Waals surface area contributed by atoms with Crippen molar-refractivity contribution in [3.63, 3.8) is 0 Å². The van der Waals surface area contributed by atoms with E-state index in [9.17, 15) is 4.79 Å². The molecular formula is C21H26N2OS. The quantitative estimate of drug-likeness (QED) is 0.606. The molecule has 0 bridgehead atoms. The van der Waals surface area contributed by atoms with Crippen molar-refractivity contribution in [3.8, 4) is 11.1 Å². The molecule has 1 N–H and O–H groups in total. The lowest BCUT2D eigenvalue weighted by Gasteiger charge is -2.12. The van der Waals surface area contributed by atoms with E-state index in [4.69, 9.17) is 0 Å². The van der Waals surface area contributed by atoms with Crippen molar-refractivity contribution in [3.05, 3.63) is 52.7 Å². The van der Waals surface area contributed by atoms with Crippen LogP contribution in [-0.2, 0) is 4.79 Å². The molecule has 4 heteroatoms. The van der Waals surface area contributed by atoms with Crippen LogP contribution in [0.2, 0.25) is 0 Å². The summed E-state index contributed by atoms with van der Waals surface area (Å²) in [5.41, 5.74) is 6.41. The second kappa shape index (κ2) is 8.34. The van der Waals surface area contributed by atoms with E-state index in [0.717, 1.165) is 27.3 Å². The Labute approximate surface area is 155 Å². The fourth-order valence-electron chi connectivity index (χ4n) is 2.64. The first-order valence-electron chi connectivity index (χ1n) is 8.42. The van der Waals surface area contributed by atoms with E-state index in [0.29, 0.717) is 0 Å². The highest BCUT2D eigenvalue weighted by Gasteiger charge is 2.09. The fraction of sp³-hybridized carbons (Fsp3) is 0.333. The topological polar surface area (TPSA) is 42.0 Å². The van der Waals surface area contributed by atoms with Gasteiger partial charge in [0.2, 0.25) is 5.91 Å². The van der Waals surface area contributed by atoms with Crippen molar-refractivity contribution in [2.24, 2.45) is 0 Å². The monoisotopic (exact) mass is 354 g/mol. The molecule has 0 saturated carbocycles. The zero-order chi connectivity index (χ0) is 18.6. The van der Waals surface area contributed by atoms with Crippen LogP contribution >= 0.6 is 11.8 Å². The van der Waals surface area contributed by atoms with Gasteiger partial charge in [-0.15, -0.1) is 11.8 Å². The molecule has 0 radical (unpaired) electrons. The van der Waals surface area contributed by atoms with Crippen molar-refractivity contribution in [2.45, 2.75) is 45.7 Å². The molecule has 0 aliphatic rings. The molecule has 2 aromatic rings. The van der Waals surface area contributed by atoms with Crippen LogP contribution in [0.4, 0.5) is 0 Å². The number of carbonyl (C=O) groups excluding carboxylic acids is 1. The van der Waals surface area contributed by atoms with E-state index in [2.05, 4.69) is 42.3 Å². The van der Waals surface area contributed by atoms with E-state index >= 15 is 0 Å². The van der Waals surface area contributed by atoms with E-state index in [1.165, 1.54) is 11.1 Å². The summed E-state index contributed by atoms with van der Waals surface area (Å²) in [7, 11) is 0. The summed E-state index contributed by atoms with van der Waals surface area (Å²) < 4.78 is 0. The van der Waals surface area contributed by atoms with Crippen molar-refractivity contribution < 1.29 is 4.79 Å². The maximum atomic E-state index is 12.1. The van der Waals surface area contributed by atoms with Gasteiger partial charge in [0.05, 0.1) is 5.03 Å². The Morgan fingerprint density at radius 1 is 1.20 bits per heavy atom. The molecule has 0 spiro atoms. The van der Waals surface area contributed by atoms with Gasteiger partial charge in [-0.3, -0.25) is 4.79 Å². The van der Waals surface area contributed by atoms with Gasteiger partial charge in [0, 0.05) is 23.4 Å². The Kier molecular flexibility index (Phi) is 6.43. The van der Waals surface area contributed by atoms with Crippen LogP contribution in [0.3, 0.4) is 0 Å². The van der Waals surface area contributed by atoms with Crippen molar-refractivity contribution in [1.82, 2.24) is 10.3 Å². The highest BCUT2D eigenvalue weighted by Crippen LogP contribution is 2.28. The molecular weight excluding hydrogens is 328 g/mol. The van der Waals surface area contributed by atoms with Crippen LogP contribution in [0, 0.1) is 13.8 Å². The van der Waals surface area contributed by atoms with Gasteiger partial charge < -0.3 is 5.32 Å². The Balaban J connectivity index is 2.34. The van der Waals surface area contributed by atoms with Gasteiger partial charge in [0.1, 0.15) is 0 Å². The van der Waals surface area contributed by atoms with Crippen LogP contribution in [-0.4, -0.2) is 23.2 Å². The average Bonchev–Trinajstić information content (AvgIpc) is 2.57. The molecule has 0 unspecified atom stereocenters. The number of pyridine rings is 1. The molecule has 1 amide bonds. The lowest BCUT2D eigenvalue weighted by atomic mass is 9.95. The Morgan fingerprint density at radius 2 is 1.92 bits per heavy atom. The minimum absolute atomic E-state index is 0.0204. The SMILES string of the molecule is CSc1ccc(-c2cc(C)c(C=C(C)C(=O)NC(C)C)cc2C)cn1. The average molecular weight is 355 g/mol. The van der Waals surface area contributed by atoms with Gasteiger partial charge in [-0.1, -0.05) is 18.2 Å². The molecule has 0 fully saturated rings. The molecule has 1 aromatic heterocycles. The summed E-state index contributed by atoms with van der Waals surface area (Å²) >= 11 is 1.64. The number of benzene rings is 1. The zero-order valence-electron chi connectivity index (χ0n) is 15.8. The molecule has 0 aliphatic heterocycles. The van der Waals surface area contributed by atoms with Gasteiger partial charge in [-0.05, 0) is 75.3 Å². The van der Waals surface area contributed by atoms with Crippen LogP contribution in [0.1, 0.15) is 37.5 Å². The molecule has 25 heavy (non-hydrogen) atoms. The summed E-state index contributed by atoms with van der Waals surface area (Å²) in [6.45, 7) is 9.95. The first-order chi connectivity index (χ1) is 11.8. The number of amides is 1. The predicted octanol–water partition coefficient (Wildman–Crippen LogP) is 5.02. The molecule has 0 saturated heterocycles. The van der Waals surface area contributed by atoms with E-state index < -0.39 is 0 Å². The number of thioether (sulfide) groups is 1. The lowest BCUT2D eigenvalue weighted by Crippen LogP contribution is -2.30. The second-order valence-corrected chi connectivity index (χ2v) is 7.39. The fourth-order valence-corrected chi connectivity index (χ4v) is 3.00. The maximum Gasteiger partial charge on any atom is 0.247 e. The zero-order valence-corrected chi connectivity index (χ0v) is 16.6. The lowest BCUT2D eigenvalue weighted by molar-refractivity contribution is -0.117. The van der Waals surface area contributed by atoms with Crippen molar-refractivity contribution in [1.29, 1.82) is 0 Å². The first-order valence-corrected chi connectivity index (χ1v) is 9.65. The standard InChI is InChI=1S/C21H26N2OS/c1-13(2)23-21(24)16(5)10-18-9-15(4)19(11-14(18)3)17-7-8-20(25-6)22-12-17/h7-13H,1-6H3,(H,23,24). The molecule has 0 atom stereocenters. The summed E-state index contributed by atoms with van der Waals surface area (Å²) in [6.07, 6.45) is 5.90. The normalized spacial score (nSPS) is 11.7. The second-order valence-electron chi connectivity index (χ2n) is 6.57. The highest BCUT2D eigenvalue weighted by molar-refractivity contribution is 7.98. The number of aryl methyl sites for hydroxylation is 2. The first kappa shape index (κ1) is 19.3. The number of nitrogens with zero attached hydrogens (tertiary/aromatic N) is 1. The van der Waals surface area contributed by atoms with Gasteiger partial charge in [-0.2, -0.15) is 0 Å². The van der Waals surface area contributed by atoms with Gasteiger partial charge in [0.25, 0.3) is 0 Å². The third-order valence-corrected chi connectivity index (χ3v) is 4.68. The van der Waals surface area contributed by atoms with Crippen molar-refractivity contribution in [2.75, 3.05) is 6.26 Å². The van der Waals surface area contributed by atoms with Crippen molar-refractivity contribution >= 4 is 23.7 Å². The molecule has 132 valence electrons. The number of nitrogens with one attached hydrogen (secondary N) is 1. The number of hydrogen-bond donors (Lipinski definition) is 1. The molecule has 3 nitrogen and oxygen atoms in total. The van der Waals surface area contributed by atoms with Crippen LogP contribution in [0.15, 0.2) is 41.1 Å². The summed E-state index contributed by atoms with van der Waals surface area (Å²) in [4.78, 5) is 16.6. The number of hydrogen-bond acceptors (Lipinski definition) is 3. The Morgan fingerprint density at radius 3 is 2.48 bits per heavy atom. The van der Waals surface area contributed by atoms with Crippen LogP contribution in [0.5, 0.6) is 0 Å². The smallest absolute Gasteiger partial charge is 0.247 e. The van der Waals surface area contributed by atoms with Gasteiger partial charge in [-0.25, -0.2) is 4.98 Å². The molecule has 1 aromatic carbocycles. The summed E-state index contributed by atoms with van der Waals surface area (Å²) in [5, 5.41) is 3.95. The highest BCUT2D eigenvalue weighted by atomic mass is 32.2. The predicted molar refractivity (Wildman–Crippen MR) is 108 cm³/mol. The number of rotatable bonds is 5. The maximum absolute atomic E-state index is 12.1. The Hall–Kier alpha value is -2.07. The third-order valence-electron chi connectivity index (χ3n) is 4.02. The van der Waals surface area contributed by atoms with Crippen LogP contribution < -0.4 is 5.32 Å². The summed E-state index contributed by atoms with van der Waals surface area (Å²) in [5.74, 6) is -0.0204. The third kappa shape index (κ3) is 4.95. The molecule has 0 aliphatic carbocycles. The Bertz CT molecular complexity index is 792. The minimum atomic E-state index is -0.0204. The molecule has 2 rings (SSSR count). The van der Waals surface area contributed by atoms with Gasteiger partial charge in [0.15, 0.2) is 0 Å². The minimum Gasteiger partial charge on any atom is -0.350 e. The summed E-state index contributed by atoms with van der Waals surface area (Å²) in [6, 6.07) is 8.60. The largest absolute Gasteiger partial charge is 0.350 e. The molecule has 1 heterocycles. The van der Waals surface area contributed by atoms with Crippen LogP contribution in [0.25, 0.3) is 17.2 Å². The van der Waals surface area contributed by atoms with Gasteiger partial charge >= 0.3 is 0 Å².